The summed E-state index contributed by atoms with van der Waals surface area (Å²) >= 11 is 5.78. The van der Waals surface area contributed by atoms with Crippen LogP contribution in [0.15, 0.2) is 18.2 Å². The van der Waals surface area contributed by atoms with Gasteiger partial charge in [-0.3, -0.25) is 14.9 Å². The molecule has 0 radical (unpaired) electrons. The highest BCUT2D eigenvalue weighted by atomic mass is 35.5. The molecular weight excluding hydrogens is 408 g/mol. The highest BCUT2D eigenvalue weighted by molar-refractivity contribution is 6.33. The van der Waals surface area contributed by atoms with E-state index in [-0.39, 0.29) is 22.2 Å². The SMILES string of the molecule is Cc1c(Cl)c([N+](=O)[O-])nn1CC(=O)Nc1cc(OCC(F)F)cc([N+](=O)[O-])c1. The van der Waals surface area contributed by atoms with E-state index in [1.165, 1.54) is 6.92 Å². The average molecular weight is 420 g/mol. The third-order valence-electron chi connectivity index (χ3n) is 3.34. The number of hydrogen-bond donors (Lipinski definition) is 1. The molecular formula is C14H12ClF2N5O6. The van der Waals surface area contributed by atoms with Gasteiger partial charge in [0.05, 0.1) is 27.5 Å². The second-order valence-corrected chi connectivity index (χ2v) is 5.74. The summed E-state index contributed by atoms with van der Waals surface area (Å²) in [5, 5.41) is 27.5. The van der Waals surface area contributed by atoms with Gasteiger partial charge in [0.1, 0.15) is 18.9 Å². The highest BCUT2D eigenvalue weighted by Crippen LogP contribution is 2.28. The van der Waals surface area contributed by atoms with Crippen molar-refractivity contribution >= 4 is 34.7 Å². The Hall–Kier alpha value is -3.35. The number of halogens is 3. The van der Waals surface area contributed by atoms with E-state index in [1.807, 2.05) is 0 Å². The summed E-state index contributed by atoms with van der Waals surface area (Å²) in [4.78, 5) is 32.4. The minimum atomic E-state index is -2.79. The molecule has 28 heavy (non-hydrogen) atoms. The predicted molar refractivity (Wildman–Crippen MR) is 91.9 cm³/mol. The minimum Gasteiger partial charge on any atom is -0.487 e. The quantitative estimate of drug-likeness (QED) is 0.511. The minimum absolute atomic E-state index is 0.0890. The Morgan fingerprint density at radius 1 is 1.32 bits per heavy atom. The summed E-state index contributed by atoms with van der Waals surface area (Å²) in [6.07, 6.45) is -2.79. The summed E-state index contributed by atoms with van der Waals surface area (Å²) in [5.74, 6) is -1.60. The van der Waals surface area contributed by atoms with Gasteiger partial charge in [0.25, 0.3) is 12.1 Å². The van der Waals surface area contributed by atoms with E-state index >= 15 is 0 Å². The Morgan fingerprint density at radius 3 is 2.54 bits per heavy atom. The average Bonchev–Trinajstić information content (AvgIpc) is 2.88. The summed E-state index contributed by atoms with van der Waals surface area (Å²) in [5.41, 5.74) is -0.409. The maximum Gasteiger partial charge on any atom is 0.408 e. The second kappa shape index (κ2) is 8.56. The van der Waals surface area contributed by atoms with Crippen LogP contribution in [0.25, 0.3) is 0 Å². The molecule has 150 valence electrons. The fourth-order valence-corrected chi connectivity index (χ4v) is 2.32. The predicted octanol–water partition coefficient (Wildman–Crippen LogP) is 2.94. The van der Waals surface area contributed by atoms with Gasteiger partial charge in [0, 0.05) is 12.1 Å². The standard InChI is InChI=1S/C14H12ClF2N5O6/c1-7-13(15)14(22(26)27)19-20(7)5-12(23)18-8-2-9(21(24)25)4-10(3-8)28-6-11(16)17/h2-4,11H,5-6H2,1H3,(H,18,23). The smallest absolute Gasteiger partial charge is 0.408 e. The molecule has 2 aromatic rings. The van der Waals surface area contributed by atoms with E-state index in [2.05, 4.69) is 10.4 Å². The molecule has 0 fully saturated rings. The number of aromatic nitrogens is 2. The van der Waals surface area contributed by atoms with Crippen molar-refractivity contribution in [1.82, 2.24) is 9.78 Å². The van der Waals surface area contributed by atoms with Gasteiger partial charge in [-0.1, -0.05) is 11.6 Å². The normalized spacial score (nSPS) is 10.8. The molecule has 0 saturated carbocycles. The number of nitro benzene ring substituents is 1. The van der Waals surface area contributed by atoms with E-state index in [0.29, 0.717) is 0 Å². The molecule has 0 aliphatic carbocycles. The van der Waals surface area contributed by atoms with Gasteiger partial charge in [-0.15, -0.1) is 0 Å². The Morgan fingerprint density at radius 2 is 2.00 bits per heavy atom. The first-order valence-corrected chi connectivity index (χ1v) is 7.84. The zero-order valence-electron chi connectivity index (χ0n) is 14.1. The van der Waals surface area contributed by atoms with Crippen LogP contribution in [-0.4, -0.2) is 38.6 Å². The molecule has 2 rings (SSSR count). The van der Waals surface area contributed by atoms with Crippen molar-refractivity contribution in [3.05, 3.63) is 49.1 Å². The van der Waals surface area contributed by atoms with Gasteiger partial charge < -0.3 is 20.2 Å². The number of amides is 1. The molecule has 1 amide bonds. The Labute approximate surface area is 160 Å². The first-order chi connectivity index (χ1) is 13.1. The first kappa shape index (κ1) is 21.0. The van der Waals surface area contributed by atoms with Crippen molar-refractivity contribution in [2.24, 2.45) is 0 Å². The number of benzene rings is 1. The highest BCUT2D eigenvalue weighted by Gasteiger charge is 2.25. The summed E-state index contributed by atoms with van der Waals surface area (Å²) in [6.45, 7) is -0.0439. The number of rotatable bonds is 8. The van der Waals surface area contributed by atoms with Crippen LogP contribution >= 0.6 is 11.6 Å². The number of ether oxygens (including phenoxy) is 1. The van der Waals surface area contributed by atoms with E-state index in [1.54, 1.807) is 0 Å². The van der Waals surface area contributed by atoms with Crippen LogP contribution in [0.2, 0.25) is 5.02 Å². The van der Waals surface area contributed by atoms with Crippen molar-refractivity contribution < 1.29 is 28.2 Å². The lowest BCUT2D eigenvalue weighted by Crippen LogP contribution is -2.20. The van der Waals surface area contributed by atoms with Crippen molar-refractivity contribution in [2.45, 2.75) is 19.9 Å². The van der Waals surface area contributed by atoms with E-state index in [9.17, 15) is 33.8 Å². The Balaban J connectivity index is 2.20. The third-order valence-corrected chi connectivity index (χ3v) is 3.79. The molecule has 0 aliphatic rings. The number of alkyl halides is 2. The van der Waals surface area contributed by atoms with Crippen LogP contribution in [0.5, 0.6) is 5.75 Å². The van der Waals surface area contributed by atoms with Crippen LogP contribution in [0, 0.1) is 27.2 Å². The van der Waals surface area contributed by atoms with E-state index < -0.39 is 46.8 Å². The molecule has 0 unspecified atom stereocenters. The van der Waals surface area contributed by atoms with Crippen molar-refractivity contribution in [3.63, 3.8) is 0 Å². The van der Waals surface area contributed by atoms with Crippen LogP contribution in [-0.2, 0) is 11.3 Å². The van der Waals surface area contributed by atoms with Crippen LogP contribution in [0.1, 0.15) is 5.69 Å². The van der Waals surface area contributed by atoms with Gasteiger partial charge in [0.15, 0.2) is 5.02 Å². The third kappa shape index (κ3) is 5.09. The number of nitrogens with one attached hydrogen (secondary N) is 1. The van der Waals surface area contributed by atoms with Gasteiger partial charge in [-0.2, -0.15) is 4.68 Å². The van der Waals surface area contributed by atoms with Gasteiger partial charge in [-0.05, 0) is 11.8 Å². The zero-order valence-corrected chi connectivity index (χ0v) is 14.9. The first-order valence-electron chi connectivity index (χ1n) is 7.46. The number of non-ortho nitro benzene ring substituents is 1. The van der Waals surface area contributed by atoms with Gasteiger partial charge in [-0.25, -0.2) is 8.78 Å². The second-order valence-electron chi connectivity index (χ2n) is 5.36. The molecule has 0 bridgehead atoms. The van der Waals surface area contributed by atoms with Crippen molar-refractivity contribution in [3.8, 4) is 5.75 Å². The Bertz CT molecular complexity index is 935. The molecule has 1 aromatic carbocycles. The number of hydrogen-bond acceptors (Lipinski definition) is 7. The number of carbonyl (C=O) groups excluding carboxylic acids is 1. The molecule has 0 spiro atoms. The molecule has 0 atom stereocenters. The van der Waals surface area contributed by atoms with Crippen LogP contribution in [0.4, 0.5) is 26.0 Å². The fourth-order valence-electron chi connectivity index (χ4n) is 2.12. The number of nitro groups is 2. The molecule has 1 N–H and O–H groups in total. The summed E-state index contributed by atoms with van der Waals surface area (Å²) < 4.78 is 30.3. The van der Waals surface area contributed by atoms with E-state index in [0.717, 1.165) is 22.9 Å². The van der Waals surface area contributed by atoms with Gasteiger partial charge >= 0.3 is 5.82 Å². The molecule has 1 heterocycles. The van der Waals surface area contributed by atoms with Crippen LogP contribution in [0.3, 0.4) is 0 Å². The summed E-state index contributed by atoms with van der Waals surface area (Å²) in [7, 11) is 0. The van der Waals surface area contributed by atoms with E-state index in [4.69, 9.17) is 16.3 Å². The number of carbonyl (C=O) groups is 1. The fraction of sp³-hybridized carbons (Fsp3) is 0.286. The lowest BCUT2D eigenvalue weighted by molar-refractivity contribution is -0.389. The number of nitrogens with zero attached hydrogens (tertiary/aromatic N) is 4. The topological polar surface area (TPSA) is 142 Å². The van der Waals surface area contributed by atoms with Crippen molar-refractivity contribution in [1.29, 1.82) is 0 Å². The van der Waals surface area contributed by atoms with Crippen molar-refractivity contribution in [2.75, 3.05) is 11.9 Å². The zero-order chi connectivity index (χ0) is 21.0. The molecule has 0 saturated heterocycles. The van der Waals surface area contributed by atoms with Crippen LogP contribution < -0.4 is 10.1 Å². The monoisotopic (exact) mass is 419 g/mol. The maximum atomic E-state index is 12.3. The molecule has 0 aliphatic heterocycles. The lowest BCUT2D eigenvalue weighted by Gasteiger charge is -2.09. The molecule has 11 nitrogen and oxygen atoms in total. The largest absolute Gasteiger partial charge is 0.487 e. The van der Waals surface area contributed by atoms with Gasteiger partial charge in [0.2, 0.25) is 5.91 Å². The molecule has 1 aromatic heterocycles. The summed E-state index contributed by atoms with van der Waals surface area (Å²) in [6, 6.07) is 3.05. The Kier molecular flexibility index (Phi) is 6.41. The molecule has 14 heteroatoms. The maximum absolute atomic E-state index is 12.3. The lowest BCUT2D eigenvalue weighted by atomic mass is 10.2. The number of anilines is 1.